The van der Waals surface area contributed by atoms with Crippen molar-refractivity contribution in [1.82, 2.24) is 9.13 Å². The second-order valence-electron chi connectivity index (χ2n) is 11.8. The van der Waals surface area contributed by atoms with Gasteiger partial charge in [0.1, 0.15) is 11.2 Å². The van der Waals surface area contributed by atoms with Crippen molar-refractivity contribution in [3.8, 4) is 22.5 Å². The molecule has 0 radical (unpaired) electrons. The smallest absolute Gasteiger partial charge is 0.135 e. The first-order valence-electron chi connectivity index (χ1n) is 15.4. The van der Waals surface area contributed by atoms with E-state index in [1.807, 2.05) is 12.1 Å². The van der Waals surface area contributed by atoms with Crippen LogP contribution in [-0.2, 0) is 0 Å². The van der Waals surface area contributed by atoms with E-state index in [1.54, 1.807) is 0 Å². The first-order valence-corrected chi connectivity index (χ1v) is 15.4. The van der Waals surface area contributed by atoms with Crippen molar-refractivity contribution in [2.75, 3.05) is 0 Å². The largest absolute Gasteiger partial charge is 0.456 e. The molecule has 45 heavy (non-hydrogen) atoms. The number of para-hydroxylation sites is 5. The van der Waals surface area contributed by atoms with Gasteiger partial charge in [0.25, 0.3) is 0 Å². The quantitative estimate of drug-likeness (QED) is 0.206. The van der Waals surface area contributed by atoms with Crippen LogP contribution >= 0.6 is 0 Å². The monoisotopic (exact) mass is 574 g/mol. The SMILES string of the molecule is c1ccc(-n2c3ccccc3c3ccc(-c4cccc5c6ccccc6n(-c6ccc7oc8ccccc8c7c6)c45)cc32)cc1. The van der Waals surface area contributed by atoms with E-state index in [0.29, 0.717) is 0 Å². The topological polar surface area (TPSA) is 23.0 Å². The molecule has 3 heteroatoms. The van der Waals surface area contributed by atoms with Crippen LogP contribution < -0.4 is 0 Å². The Balaban J connectivity index is 1.29. The number of fused-ring (bicyclic) bond motifs is 9. The van der Waals surface area contributed by atoms with Gasteiger partial charge in [-0.25, -0.2) is 0 Å². The summed E-state index contributed by atoms with van der Waals surface area (Å²) in [6.45, 7) is 0. The lowest BCUT2D eigenvalue weighted by atomic mass is 10.00. The van der Waals surface area contributed by atoms with Crippen LogP contribution in [0.4, 0.5) is 0 Å². The second kappa shape index (κ2) is 9.22. The maximum Gasteiger partial charge on any atom is 0.135 e. The average Bonchev–Trinajstić information content (AvgIpc) is 3.76. The van der Waals surface area contributed by atoms with Gasteiger partial charge in [0.15, 0.2) is 0 Å². The maximum absolute atomic E-state index is 6.19. The summed E-state index contributed by atoms with van der Waals surface area (Å²) >= 11 is 0. The molecular weight excluding hydrogens is 548 g/mol. The van der Waals surface area contributed by atoms with E-state index in [-0.39, 0.29) is 0 Å². The molecule has 7 aromatic carbocycles. The van der Waals surface area contributed by atoms with Gasteiger partial charge in [-0.15, -0.1) is 0 Å². The van der Waals surface area contributed by atoms with Crippen LogP contribution in [0.25, 0.3) is 88.1 Å². The molecular formula is C42H26N2O. The highest BCUT2D eigenvalue weighted by Gasteiger charge is 2.19. The van der Waals surface area contributed by atoms with Gasteiger partial charge in [-0.2, -0.15) is 0 Å². The Morgan fingerprint density at radius 3 is 1.84 bits per heavy atom. The van der Waals surface area contributed by atoms with Gasteiger partial charge in [0.05, 0.1) is 22.1 Å². The Morgan fingerprint density at radius 1 is 0.356 bits per heavy atom. The zero-order valence-corrected chi connectivity index (χ0v) is 24.3. The van der Waals surface area contributed by atoms with Gasteiger partial charge in [-0.1, -0.05) is 103 Å². The summed E-state index contributed by atoms with van der Waals surface area (Å²) in [5.74, 6) is 0. The molecule has 0 aliphatic rings. The Kier molecular flexibility index (Phi) is 5.00. The molecule has 0 fully saturated rings. The van der Waals surface area contributed by atoms with Crippen molar-refractivity contribution in [2.45, 2.75) is 0 Å². The van der Waals surface area contributed by atoms with Crippen LogP contribution in [0.1, 0.15) is 0 Å². The highest BCUT2D eigenvalue weighted by molar-refractivity contribution is 6.16. The van der Waals surface area contributed by atoms with Gasteiger partial charge in [0, 0.05) is 49.3 Å². The highest BCUT2D eigenvalue weighted by Crippen LogP contribution is 2.41. The minimum Gasteiger partial charge on any atom is -0.456 e. The van der Waals surface area contributed by atoms with Gasteiger partial charge in [0.2, 0.25) is 0 Å². The summed E-state index contributed by atoms with van der Waals surface area (Å²) in [7, 11) is 0. The molecule has 0 amide bonds. The summed E-state index contributed by atoms with van der Waals surface area (Å²) in [5, 5.41) is 7.25. The van der Waals surface area contributed by atoms with Crippen molar-refractivity contribution in [3.05, 3.63) is 158 Å². The lowest BCUT2D eigenvalue weighted by Crippen LogP contribution is -1.96. The van der Waals surface area contributed by atoms with E-state index in [2.05, 4.69) is 155 Å². The van der Waals surface area contributed by atoms with Gasteiger partial charge in [-0.3, -0.25) is 0 Å². The zero-order valence-electron chi connectivity index (χ0n) is 24.3. The van der Waals surface area contributed by atoms with Crippen LogP contribution in [-0.4, -0.2) is 9.13 Å². The Bertz CT molecular complexity index is 2760. The fourth-order valence-electron chi connectivity index (χ4n) is 7.37. The standard InChI is InChI=1S/C42H26N2O/c1-2-11-28(12-3-1)43-37-18-7-4-13-31(37)33-23-21-27(25-39(33)43)30-16-10-17-35-32-14-5-8-19-38(32)44(42(30)35)29-22-24-41-36(26-29)34-15-6-9-20-40(34)45-41/h1-26H. The molecule has 0 aliphatic heterocycles. The van der Waals surface area contributed by atoms with Crippen LogP contribution in [0.2, 0.25) is 0 Å². The number of hydrogen-bond acceptors (Lipinski definition) is 1. The molecule has 210 valence electrons. The number of hydrogen-bond donors (Lipinski definition) is 0. The van der Waals surface area contributed by atoms with Crippen molar-refractivity contribution in [1.29, 1.82) is 0 Å². The number of rotatable bonds is 3. The average molecular weight is 575 g/mol. The lowest BCUT2D eigenvalue weighted by Gasteiger charge is -2.13. The summed E-state index contributed by atoms with van der Waals surface area (Å²) in [6, 6.07) is 56.6. The second-order valence-corrected chi connectivity index (χ2v) is 11.8. The molecule has 0 N–H and O–H groups in total. The van der Waals surface area contributed by atoms with Crippen molar-refractivity contribution >= 4 is 65.6 Å². The molecule has 0 bridgehead atoms. The molecule has 0 unspecified atom stereocenters. The van der Waals surface area contributed by atoms with E-state index < -0.39 is 0 Å². The van der Waals surface area contributed by atoms with E-state index in [1.165, 1.54) is 54.7 Å². The Morgan fingerprint density at radius 2 is 1.00 bits per heavy atom. The van der Waals surface area contributed by atoms with Gasteiger partial charge >= 0.3 is 0 Å². The first kappa shape index (κ1) is 24.4. The third-order valence-corrected chi connectivity index (χ3v) is 9.31. The van der Waals surface area contributed by atoms with E-state index in [4.69, 9.17) is 4.42 Å². The molecule has 0 saturated heterocycles. The van der Waals surface area contributed by atoms with Crippen LogP contribution in [0.15, 0.2) is 162 Å². The van der Waals surface area contributed by atoms with E-state index in [0.717, 1.165) is 33.3 Å². The molecule has 3 aromatic heterocycles. The minimum absolute atomic E-state index is 0.903. The number of aromatic nitrogens is 2. The molecule has 0 spiro atoms. The molecule has 0 atom stereocenters. The Hall–Kier alpha value is -6.06. The molecule has 3 heterocycles. The third kappa shape index (κ3) is 3.46. The lowest BCUT2D eigenvalue weighted by molar-refractivity contribution is 0.669. The van der Waals surface area contributed by atoms with Crippen molar-refractivity contribution in [2.24, 2.45) is 0 Å². The molecule has 10 rings (SSSR count). The first-order chi connectivity index (χ1) is 22.3. The van der Waals surface area contributed by atoms with Crippen molar-refractivity contribution < 1.29 is 4.42 Å². The van der Waals surface area contributed by atoms with E-state index in [9.17, 15) is 0 Å². The van der Waals surface area contributed by atoms with Crippen molar-refractivity contribution in [3.63, 3.8) is 0 Å². The zero-order chi connectivity index (χ0) is 29.5. The normalized spacial score (nSPS) is 12.0. The fourth-order valence-corrected chi connectivity index (χ4v) is 7.37. The predicted molar refractivity (Wildman–Crippen MR) is 188 cm³/mol. The van der Waals surface area contributed by atoms with Crippen LogP contribution in [0.5, 0.6) is 0 Å². The summed E-state index contributed by atoms with van der Waals surface area (Å²) in [5.41, 5.74) is 11.3. The highest BCUT2D eigenvalue weighted by atomic mass is 16.3. The maximum atomic E-state index is 6.19. The van der Waals surface area contributed by atoms with E-state index >= 15 is 0 Å². The van der Waals surface area contributed by atoms with Gasteiger partial charge < -0.3 is 13.6 Å². The molecule has 3 nitrogen and oxygen atoms in total. The predicted octanol–water partition coefficient (Wildman–Crippen LogP) is 11.4. The third-order valence-electron chi connectivity index (χ3n) is 9.31. The number of nitrogens with zero attached hydrogens (tertiary/aromatic N) is 2. The molecule has 0 aliphatic carbocycles. The molecule has 10 aromatic rings. The summed E-state index contributed by atoms with van der Waals surface area (Å²) in [4.78, 5) is 0. The summed E-state index contributed by atoms with van der Waals surface area (Å²) in [6.07, 6.45) is 0. The number of furan rings is 1. The Labute approximate surface area is 258 Å². The fraction of sp³-hybridized carbons (Fsp3) is 0. The summed E-state index contributed by atoms with van der Waals surface area (Å²) < 4.78 is 11.0. The minimum atomic E-state index is 0.903. The van der Waals surface area contributed by atoms with Gasteiger partial charge in [-0.05, 0) is 60.2 Å². The van der Waals surface area contributed by atoms with Crippen LogP contribution in [0.3, 0.4) is 0 Å². The molecule has 0 saturated carbocycles. The van der Waals surface area contributed by atoms with Crippen LogP contribution in [0, 0.1) is 0 Å². The number of benzene rings is 7.